The summed E-state index contributed by atoms with van der Waals surface area (Å²) in [6.07, 6.45) is 0. The highest BCUT2D eigenvalue weighted by atomic mass is 35.5. The van der Waals surface area contributed by atoms with Gasteiger partial charge in [0, 0.05) is 16.7 Å². The number of nitrogens with zero attached hydrogens (tertiary/aromatic N) is 3. The van der Waals surface area contributed by atoms with Crippen LogP contribution in [0.3, 0.4) is 0 Å². The SMILES string of the molecule is COc1ccc(-c2cc(C#N)nn2-c2ccc(Cl)cc2)cc1. The first-order valence-electron chi connectivity index (χ1n) is 6.62. The van der Waals surface area contributed by atoms with E-state index < -0.39 is 0 Å². The number of aromatic nitrogens is 2. The Morgan fingerprint density at radius 2 is 1.77 bits per heavy atom. The van der Waals surface area contributed by atoms with Crippen LogP contribution in [0.2, 0.25) is 5.02 Å². The van der Waals surface area contributed by atoms with Crippen LogP contribution < -0.4 is 4.74 Å². The standard InChI is InChI=1S/C17H12ClN3O/c1-22-16-8-2-12(3-9-16)17-10-14(11-19)20-21(17)15-6-4-13(18)5-7-15/h2-10H,1H3. The van der Waals surface area contributed by atoms with Crippen LogP contribution in [0.15, 0.2) is 54.6 Å². The maximum atomic E-state index is 9.13. The summed E-state index contributed by atoms with van der Waals surface area (Å²) in [4.78, 5) is 0. The van der Waals surface area contributed by atoms with Crippen LogP contribution in [0.4, 0.5) is 0 Å². The van der Waals surface area contributed by atoms with Gasteiger partial charge in [0.25, 0.3) is 0 Å². The van der Waals surface area contributed by atoms with Gasteiger partial charge in [0.2, 0.25) is 0 Å². The van der Waals surface area contributed by atoms with E-state index in [-0.39, 0.29) is 0 Å². The van der Waals surface area contributed by atoms with Crippen LogP contribution in [-0.4, -0.2) is 16.9 Å². The highest BCUT2D eigenvalue weighted by molar-refractivity contribution is 6.30. The molecule has 108 valence electrons. The maximum Gasteiger partial charge on any atom is 0.163 e. The molecule has 3 aromatic rings. The highest BCUT2D eigenvalue weighted by Gasteiger charge is 2.11. The zero-order valence-electron chi connectivity index (χ0n) is 11.8. The van der Waals surface area contributed by atoms with Crippen molar-refractivity contribution in [3.8, 4) is 28.8 Å². The lowest BCUT2D eigenvalue weighted by atomic mass is 10.1. The number of hydrogen-bond acceptors (Lipinski definition) is 3. The molecule has 0 aliphatic rings. The van der Waals surface area contributed by atoms with Gasteiger partial charge in [0.1, 0.15) is 11.8 Å². The van der Waals surface area contributed by atoms with Crippen LogP contribution in [0.5, 0.6) is 5.75 Å². The summed E-state index contributed by atoms with van der Waals surface area (Å²) in [6, 6.07) is 18.8. The van der Waals surface area contributed by atoms with Gasteiger partial charge in [0.05, 0.1) is 18.5 Å². The first kappa shape index (κ1) is 14.2. The second kappa shape index (κ2) is 5.92. The van der Waals surface area contributed by atoms with Gasteiger partial charge < -0.3 is 4.74 Å². The number of halogens is 1. The van der Waals surface area contributed by atoms with Crippen LogP contribution in [0.1, 0.15) is 5.69 Å². The van der Waals surface area contributed by atoms with E-state index in [0.29, 0.717) is 10.7 Å². The third-order valence-corrected chi connectivity index (χ3v) is 3.53. The summed E-state index contributed by atoms with van der Waals surface area (Å²) in [5.74, 6) is 0.779. The van der Waals surface area contributed by atoms with Crippen molar-refractivity contribution >= 4 is 11.6 Å². The summed E-state index contributed by atoms with van der Waals surface area (Å²) in [5, 5.41) is 14.1. The minimum atomic E-state index is 0.362. The van der Waals surface area contributed by atoms with Gasteiger partial charge in [0.15, 0.2) is 5.69 Å². The molecular weight excluding hydrogens is 298 g/mol. The summed E-state index contributed by atoms with van der Waals surface area (Å²) >= 11 is 5.93. The van der Waals surface area contributed by atoms with Gasteiger partial charge in [-0.2, -0.15) is 10.4 Å². The molecule has 0 fully saturated rings. The Balaban J connectivity index is 2.12. The number of benzene rings is 2. The molecule has 0 atom stereocenters. The Morgan fingerprint density at radius 3 is 2.36 bits per heavy atom. The van der Waals surface area contributed by atoms with Crippen molar-refractivity contribution in [2.24, 2.45) is 0 Å². The maximum absolute atomic E-state index is 9.13. The molecule has 4 nitrogen and oxygen atoms in total. The minimum absolute atomic E-state index is 0.362. The highest BCUT2D eigenvalue weighted by Crippen LogP contribution is 2.26. The zero-order valence-corrected chi connectivity index (χ0v) is 12.6. The summed E-state index contributed by atoms with van der Waals surface area (Å²) in [6.45, 7) is 0. The molecule has 0 saturated carbocycles. The molecule has 0 aliphatic heterocycles. The predicted octanol–water partition coefficient (Wildman–Crippen LogP) is 4.07. The van der Waals surface area contributed by atoms with Gasteiger partial charge in [-0.05, 0) is 48.5 Å². The van der Waals surface area contributed by atoms with E-state index in [1.807, 2.05) is 36.4 Å². The fourth-order valence-electron chi connectivity index (χ4n) is 2.18. The fraction of sp³-hybridized carbons (Fsp3) is 0.0588. The van der Waals surface area contributed by atoms with Crippen LogP contribution in [0.25, 0.3) is 16.9 Å². The lowest BCUT2D eigenvalue weighted by molar-refractivity contribution is 0.415. The third-order valence-electron chi connectivity index (χ3n) is 3.28. The van der Waals surface area contributed by atoms with Gasteiger partial charge in [-0.3, -0.25) is 0 Å². The van der Waals surface area contributed by atoms with Gasteiger partial charge >= 0.3 is 0 Å². The Labute approximate surface area is 133 Å². The fourth-order valence-corrected chi connectivity index (χ4v) is 2.31. The summed E-state index contributed by atoms with van der Waals surface area (Å²) < 4.78 is 6.90. The Hall–Kier alpha value is -2.77. The van der Waals surface area contributed by atoms with Gasteiger partial charge in [-0.1, -0.05) is 11.6 Å². The number of methoxy groups -OCH3 is 1. The number of ether oxygens (including phenoxy) is 1. The van der Waals surface area contributed by atoms with E-state index in [2.05, 4.69) is 11.2 Å². The van der Waals surface area contributed by atoms with E-state index in [1.54, 1.807) is 30.0 Å². The Morgan fingerprint density at radius 1 is 1.09 bits per heavy atom. The molecule has 3 rings (SSSR count). The molecule has 0 N–H and O–H groups in total. The van der Waals surface area contributed by atoms with E-state index >= 15 is 0 Å². The molecule has 0 bridgehead atoms. The second-order valence-corrected chi connectivity index (χ2v) is 5.08. The lowest BCUT2D eigenvalue weighted by Gasteiger charge is -2.08. The third kappa shape index (κ3) is 2.67. The van der Waals surface area contributed by atoms with Crippen molar-refractivity contribution in [3.05, 3.63) is 65.3 Å². The smallest absolute Gasteiger partial charge is 0.163 e. The Kier molecular flexibility index (Phi) is 3.82. The van der Waals surface area contributed by atoms with E-state index in [0.717, 1.165) is 22.7 Å². The number of rotatable bonds is 3. The molecule has 1 heterocycles. The molecule has 0 amide bonds. The molecule has 0 saturated heterocycles. The molecule has 0 unspecified atom stereocenters. The lowest BCUT2D eigenvalue weighted by Crippen LogP contribution is -1.99. The van der Waals surface area contributed by atoms with E-state index in [4.69, 9.17) is 21.6 Å². The molecule has 2 aromatic carbocycles. The van der Waals surface area contributed by atoms with Crippen LogP contribution >= 0.6 is 11.6 Å². The van der Waals surface area contributed by atoms with Crippen molar-refractivity contribution in [1.82, 2.24) is 9.78 Å². The second-order valence-electron chi connectivity index (χ2n) is 4.64. The van der Waals surface area contributed by atoms with E-state index in [9.17, 15) is 0 Å². The average Bonchev–Trinajstić information content (AvgIpc) is 3.00. The first-order chi connectivity index (χ1) is 10.7. The first-order valence-corrected chi connectivity index (χ1v) is 6.99. The molecule has 0 radical (unpaired) electrons. The average molecular weight is 310 g/mol. The monoisotopic (exact) mass is 309 g/mol. The van der Waals surface area contributed by atoms with E-state index in [1.165, 1.54) is 0 Å². The van der Waals surface area contributed by atoms with Crippen molar-refractivity contribution in [1.29, 1.82) is 5.26 Å². The Bertz CT molecular complexity index is 830. The number of nitriles is 1. The molecule has 0 aliphatic carbocycles. The summed E-state index contributed by atoms with van der Waals surface area (Å²) in [7, 11) is 1.63. The molecule has 0 spiro atoms. The number of hydrogen-bond donors (Lipinski definition) is 0. The van der Waals surface area contributed by atoms with Gasteiger partial charge in [-0.15, -0.1) is 0 Å². The molecule has 1 aromatic heterocycles. The normalized spacial score (nSPS) is 10.2. The summed E-state index contributed by atoms with van der Waals surface area (Å²) in [5.41, 5.74) is 2.99. The van der Waals surface area contributed by atoms with Crippen molar-refractivity contribution in [2.75, 3.05) is 7.11 Å². The predicted molar refractivity (Wildman–Crippen MR) is 85.3 cm³/mol. The quantitative estimate of drug-likeness (QED) is 0.732. The van der Waals surface area contributed by atoms with Crippen molar-refractivity contribution in [3.63, 3.8) is 0 Å². The van der Waals surface area contributed by atoms with Crippen molar-refractivity contribution in [2.45, 2.75) is 0 Å². The minimum Gasteiger partial charge on any atom is -0.497 e. The molecular formula is C17H12ClN3O. The van der Waals surface area contributed by atoms with Crippen LogP contribution in [-0.2, 0) is 0 Å². The van der Waals surface area contributed by atoms with Gasteiger partial charge in [-0.25, -0.2) is 4.68 Å². The topological polar surface area (TPSA) is 50.8 Å². The van der Waals surface area contributed by atoms with Crippen LogP contribution in [0, 0.1) is 11.3 Å². The largest absolute Gasteiger partial charge is 0.497 e. The molecule has 22 heavy (non-hydrogen) atoms. The van der Waals surface area contributed by atoms with Crippen molar-refractivity contribution < 1.29 is 4.74 Å². The molecule has 5 heteroatoms. The zero-order chi connectivity index (χ0) is 15.5.